The van der Waals surface area contributed by atoms with E-state index in [-0.39, 0.29) is 0 Å². The first kappa shape index (κ1) is 12.5. The lowest BCUT2D eigenvalue weighted by atomic mass is 10.0. The fraction of sp³-hybridized carbons (Fsp3) is 0.188. The van der Waals surface area contributed by atoms with Crippen molar-refractivity contribution in [2.24, 2.45) is 0 Å². The quantitative estimate of drug-likeness (QED) is 0.697. The number of anilines is 1. The zero-order valence-electron chi connectivity index (χ0n) is 11.6. The summed E-state index contributed by atoms with van der Waals surface area (Å²) in [6, 6.07) is 12.5. The molecule has 1 aliphatic rings. The summed E-state index contributed by atoms with van der Waals surface area (Å²) in [6.45, 7) is 3.73. The molecule has 1 N–H and O–H groups in total. The van der Waals surface area contributed by atoms with E-state index in [1.54, 1.807) is 0 Å². The van der Waals surface area contributed by atoms with Gasteiger partial charge in [-0.15, -0.1) is 0 Å². The Morgan fingerprint density at radius 3 is 2.81 bits per heavy atom. The van der Waals surface area contributed by atoms with E-state index in [2.05, 4.69) is 38.1 Å². The summed E-state index contributed by atoms with van der Waals surface area (Å²) in [7, 11) is 0. The number of aromatic nitrogens is 3. The average Bonchev–Trinajstić information content (AvgIpc) is 2.97. The zero-order valence-corrected chi connectivity index (χ0v) is 12.4. The maximum atomic E-state index is 5.38. The van der Waals surface area contributed by atoms with Gasteiger partial charge in [0.25, 0.3) is 0 Å². The predicted molar refractivity (Wildman–Crippen MR) is 87.0 cm³/mol. The molecule has 0 atom stereocenters. The van der Waals surface area contributed by atoms with E-state index in [1.807, 2.05) is 25.1 Å². The molecule has 1 aliphatic heterocycles. The van der Waals surface area contributed by atoms with Crippen molar-refractivity contribution in [2.75, 3.05) is 11.9 Å². The largest absolute Gasteiger partial charge is 0.369 e. The summed E-state index contributed by atoms with van der Waals surface area (Å²) in [4.78, 5) is 9.09. The summed E-state index contributed by atoms with van der Waals surface area (Å²) < 4.78 is 2.65. The molecule has 5 heteroatoms. The van der Waals surface area contributed by atoms with Crippen molar-refractivity contribution in [3.8, 4) is 11.1 Å². The first-order valence-electron chi connectivity index (χ1n) is 6.95. The first-order valence-corrected chi connectivity index (χ1v) is 7.36. The molecule has 0 bridgehead atoms. The van der Waals surface area contributed by atoms with Crippen LogP contribution >= 0.6 is 12.2 Å². The highest BCUT2D eigenvalue weighted by Crippen LogP contribution is 2.34. The summed E-state index contributed by atoms with van der Waals surface area (Å²) in [5.74, 6) is 1.04. The third-order valence-electron chi connectivity index (χ3n) is 3.78. The number of nitrogens with one attached hydrogen (secondary N) is 1. The van der Waals surface area contributed by atoms with Crippen molar-refractivity contribution in [1.82, 2.24) is 14.5 Å². The number of aryl methyl sites for hydroxylation is 1. The third-order valence-corrected chi connectivity index (χ3v) is 4.09. The van der Waals surface area contributed by atoms with Gasteiger partial charge in [0.1, 0.15) is 5.82 Å². The smallest absolute Gasteiger partial charge is 0.203 e. The van der Waals surface area contributed by atoms with Crippen LogP contribution in [0.1, 0.15) is 5.69 Å². The molecule has 1 aromatic carbocycles. The van der Waals surface area contributed by atoms with Gasteiger partial charge in [-0.1, -0.05) is 30.3 Å². The molecule has 0 saturated carbocycles. The van der Waals surface area contributed by atoms with Crippen LogP contribution in [0.15, 0.2) is 36.4 Å². The minimum Gasteiger partial charge on any atom is -0.369 e. The molecule has 0 fully saturated rings. The molecule has 0 amide bonds. The van der Waals surface area contributed by atoms with E-state index < -0.39 is 0 Å². The van der Waals surface area contributed by atoms with Crippen LogP contribution in [0.5, 0.6) is 0 Å². The van der Waals surface area contributed by atoms with Crippen molar-refractivity contribution < 1.29 is 0 Å². The van der Waals surface area contributed by atoms with Crippen LogP contribution in [0.2, 0.25) is 0 Å². The molecule has 2 aromatic heterocycles. The maximum absolute atomic E-state index is 5.38. The highest BCUT2D eigenvalue weighted by atomic mass is 32.1. The number of hydrogen-bond acceptors (Lipinski definition) is 4. The zero-order chi connectivity index (χ0) is 14.4. The van der Waals surface area contributed by atoms with E-state index >= 15 is 0 Å². The number of benzene rings is 1. The fourth-order valence-electron chi connectivity index (χ4n) is 2.88. The van der Waals surface area contributed by atoms with Gasteiger partial charge in [0.15, 0.2) is 5.65 Å². The molecule has 4 nitrogen and oxygen atoms in total. The van der Waals surface area contributed by atoms with Crippen LogP contribution in [0.3, 0.4) is 0 Å². The Kier molecular flexibility index (Phi) is 2.75. The number of nitrogens with zero attached hydrogens (tertiary/aromatic N) is 3. The monoisotopic (exact) mass is 294 g/mol. The number of rotatable bonds is 1. The van der Waals surface area contributed by atoms with Gasteiger partial charge in [-0.3, -0.25) is 0 Å². The Balaban J connectivity index is 2.16. The first-order chi connectivity index (χ1) is 10.2. The van der Waals surface area contributed by atoms with Gasteiger partial charge in [0.2, 0.25) is 4.77 Å². The molecular weight excluding hydrogens is 280 g/mol. The molecule has 0 aliphatic carbocycles. The molecule has 104 valence electrons. The van der Waals surface area contributed by atoms with Gasteiger partial charge in [0.05, 0.1) is 5.39 Å². The fourth-order valence-corrected chi connectivity index (χ4v) is 3.14. The Morgan fingerprint density at radius 2 is 2.00 bits per heavy atom. The van der Waals surface area contributed by atoms with Gasteiger partial charge >= 0.3 is 0 Å². The molecule has 4 rings (SSSR count). The second-order valence-electron chi connectivity index (χ2n) is 5.20. The molecule has 21 heavy (non-hydrogen) atoms. The lowest BCUT2D eigenvalue weighted by Gasteiger charge is -2.12. The summed E-state index contributed by atoms with van der Waals surface area (Å²) in [6.07, 6.45) is 0. The van der Waals surface area contributed by atoms with Gasteiger partial charge in [-0.2, -0.15) is 4.98 Å². The lowest BCUT2D eigenvalue weighted by molar-refractivity contribution is 0.771. The summed E-state index contributed by atoms with van der Waals surface area (Å²) >= 11 is 5.38. The number of fused-ring (bicyclic) bond motifs is 3. The molecule has 0 saturated heterocycles. The van der Waals surface area contributed by atoms with Crippen LogP contribution in [-0.2, 0) is 6.54 Å². The van der Waals surface area contributed by atoms with Crippen LogP contribution < -0.4 is 5.32 Å². The van der Waals surface area contributed by atoms with Gasteiger partial charge in [-0.05, 0) is 36.3 Å². The van der Waals surface area contributed by atoms with E-state index in [9.17, 15) is 0 Å². The highest BCUT2D eigenvalue weighted by molar-refractivity contribution is 7.71. The Morgan fingerprint density at radius 1 is 1.19 bits per heavy atom. The highest BCUT2D eigenvalue weighted by Gasteiger charge is 2.19. The molecule has 3 aromatic rings. The summed E-state index contributed by atoms with van der Waals surface area (Å²) in [5, 5.41) is 4.48. The van der Waals surface area contributed by atoms with Crippen molar-refractivity contribution in [3.05, 3.63) is 46.9 Å². The van der Waals surface area contributed by atoms with E-state index in [1.165, 1.54) is 5.56 Å². The maximum Gasteiger partial charge on any atom is 0.203 e. The SMILES string of the molecule is Cc1cc(-c2ccccc2)c2c3n(c(=S)nc2n1)CCN3. The predicted octanol–water partition coefficient (Wildman–Crippen LogP) is 3.56. The Hall–Kier alpha value is -2.27. The van der Waals surface area contributed by atoms with Crippen molar-refractivity contribution in [2.45, 2.75) is 13.5 Å². The normalized spacial score (nSPS) is 13.2. The van der Waals surface area contributed by atoms with Gasteiger partial charge in [-0.25, -0.2) is 4.98 Å². The molecule has 3 heterocycles. The molecular formula is C16H14N4S. The molecule has 0 spiro atoms. The number of hydrogen-bond donors (Lipinski definition) is 1. The van der Waals surface area contributed by atoms with E-state index in [0.29, 0.717) is 4.77 Å². The van der Waals surface area contributed by atoms with Crippen LogP contribution in [0, 0.1) is 11.7 Å². The Bertz CT molecular complexity index is 900. The van der Waals surface area contributed by atoms with E-state index in [4.69, 9.17) is 12.2 Å². The standard InChI is InChI=1S/C16H14N4S/c1-10-9-12(11-5-3-2-4-6-11)13-14(18-10)19-16(21)20-8-7-17-15(13)20/h2-6,9,17H,7-8H2,1H3. The minimum atomic E-state index is 0.597. The van der Waals surface area contributed by atoms with Crippen LogP contribution in [0.25, 0.3) is 22.2 Å². The van der Waals surface area contributed by atoms with Crippen molar-refractivity contribution in [3.63, 3.8) is 0 Å². The third kappa shape index (κ3) is 1.93. The molecule has 0 radical (unpaired) electrons. The second-order valence-corrected chi connectivity index (χ2v) is 5.56. The lowest BCUT2D eigenvalue weighted by Crippen LogP contribution is -2.02. The van der Waals surface area contributed by atoms with Gasteiger partial charge < -0.3 is 9.88 Å². The average molecular weight is 294 g/mol. The van der Waals surface area contributed by atoms with Crippen LogP contribution in [-0.4, -0.2) is 21.1 Å². The van der Waals surface area contributed by atoms with Crippen molar-refractivity contribution >= 4 is 29.1 Å². The summed E-state index contributed by atoms with van der Waals surface area (Å²) in [5.41, 5.74) is 3.99. The number of pyridine rings is 1. The van der Waals surface area contributed by atoms with Gasteiger partial charge in [0, 0.05) is 18.8 Å². The Labute approximate surface area is 127 Å². The van der Waals surface area contributed by atoms with Crippen LogP contribution in [0.4, 0.5) is 5.82 Å². The topological polar surface area (TPSA) is 42.7 Å². The van der Waals surface area contributed by atoms with Crippen molar-refractivity contribution in [1.29, 1.82) is 0 Å². The van der Waals surface area contributed by atoms with E-state index in [0.717, 1.165) is 41.2 Å². The molecule has 0 unspecified atom stereocenters. The second kappa shape index (κ2) is 4.63. The minimum absolute atomic E-state index is 0.597.